The van der Waals surface area contributed by atoms with Gasteiger partial charge in [-0.15, -0.1) is 0 Å². The number of hydrogen-bond donors (Lipinski definition) is 1. The van der Waals surface area contributed by atoms with Crippen LogP contribution < -0.4 is 10.7 Å². The molecular weight excluding hydrogens is 451 g/mol. The third-order valence-electron chi connectivity index (χ3n) is 4.42. The van der Waals surface area contributed by atoms with Gasteiger partial charge in [-0.3, -0.25) is 0 Å². The Kier molecular flexibility index (Phi) is 7.44. The molecular formula is C25H22O2Sn. The first-order chi connectivity index (χ1) is 13.8. The third kappa shape index (κ3) is 5.57. The Morgan fingerprint density at radius 1 is 0.500 bits per heavy atom. The van der Waals surface area contributed by atoms with Crippen molar-refractivity contribution >= 4 is 36.5 Å². The van der Waals surface area contributed by atoms with Crippen LogP contribution in [0.15, 0.2) is 121 Å². The van der Waals surface area contributed by atoms with E-state index in [0.717, 1.165) is 0 Å². The first-order valence-corrected chi connectivity index (χ1v) is 14.1. The Bertz CT molecular complexity index is 878. The summed E-state index contributed by atoms with van der Waals surface area (Å²) in [4.78, 5) is 10.2. The monoisotopic (exact) mass is 474 g/mol. The summed E-state index contributed by atoms with van der Waals surface area (Å²) in [7, 11) is 0. The standard InChI is InChI=1S/C7H6O2.3C6H5.Sn.H/c8-7(9)6-4-2-1-3-5-6;3*1-2-4-6-5-3-1;;/h1-5H,(H,8,9);3*1-5H;;. The van der Waals surface area contributed by atoms with Gasteiger partial charge in [-0.05, 0) is 12.1 Å². The molecule has 0 saturated carbocycles. The van der Waals surface area contributed by atoms with E-state index < -0.39 is 25.7 Å². The molecule has 0 bridgehead atoms. The molecule has 0 amide bonds. The second-order valence-electron chi connectivity index (χ2n) is 6.34. The molecule has 4 aromatic carbocycles. The molecule has 2 nitrogen and oxygen atoms in total. The van der Waals surface area contributed by atoms with Crippen molar-refractivity contribution in [2.24, 2.45) is 0 Å². The van der Waals surface area contributed by atoms with E-state index in [0.29, 0.717) is 5.56 Å². The zero-order valence-corrected chi connectivity index (χ0v) is 18.8. The van der Waals surface area contributed by atoms with Crippen LogP contribution in [0.25, 0.3) is 0 Å². The fourth-order valence-electron chi connectivity index (χ4n) is 3.09. The number of carbonyl (C=O) groups is 1. The molecule has 0 aromatic heterocycles. The van der Waals surface area contributed by atoms with Crippen LogP contribution in [0, 0.1) is 0 Å². The Morgan fingerprint density at radius 2 is 0.786 bits per heavy atom. The Balaban J connectivity index is 0.000000211. The van der Waals surface area contributed by atoms with Gasteiger partial charge in [0.05, 0.1) is 5.56 Å². The molecule has 0 aliphatic heterocycles. The van der Waals surface area contributed by atoms with Gasteiger partial charge in [-0.25, -0.2) is 4.79 Å². The number of benzene rings is 4. The van der Waals surface area contributed by atoms with Crippen molar-refractivity contribution in [1.29, 1.82) is 0 Å². The molecule has 0 unspecified atom stereocenters. The summed E-state index contributed by atoms with van der Waals surface area (Å²) in [6.45, 7) is 0. The number of rotatable bonds is 4. The molecule has 28 heavy (non-hydrogen) atoms. The van der Waals surface area contributed by atoms with E-state index in [-0.39, 0.29) is 0 Å². The molecule has 0 aliphatic rings. The SMILES string of the molecule is O=C(O)c1ccccc1.c1cc[c]([SnH]([c]2ccccc2)[c]2ccccc2)cc1. The van der Waals surface area contributed by atoms with Crippen molar-refractivity contribution in [2.45, 2.75) is 0 Å². The average molecular weight is 473 g/mol. The minimum atomic E-state index is -2.14. The maximum atomic E-state index is 10.2. The normalized spacial score (nSPS) is 10.0. The predicted molar refractivity (Wildman–Crippen MR) is 119 cm³/mol. The maximum absolute atomic E-state index is 10.2. The van der Waals surface area contributed by atoms with E-state index in [9.17, 15) is 4.79 Å². The summed E-state index contributed by atoms with van der Waals surface area (Å²) < 4.78 is 4.63. The Labute approximate surface area is 172 Å². The van der Waals surface area contributed by atoms with Gasteiger partial charge in [0.1, 0.15) is 0 Å². The van der Waals surface area contributed by atoms with Crippen molar-refractivity contribution < 1.29 is 9.90 Å². The molecule has 0 fully saturated rings. The summed E-state index contributed by atoms with van der Waals surface area (Å²) in [5, 5.41) is 8.38. The van der Waals surface area contributed by atoms with Crippen molar-refractivity contribution in [3.63, 3.8) is 0 Å². The van der Waals surface area contributed by atoms with Gasteiger partial charge >= 0.3 is 127 Å². The summed E-state index contributed by atoms with van der Waals surface area (Å²) in [5.41, 5.74) is 0.331. The molecule has 4 rings (SSSR count). The van der Waals surface area contributed by atoms with E-state index in [1.54, 1.807) is 41.1 Å². The second-order valence-corrected chi connectivity index (χ2v) is 14.5. The van der Waals surface area contributed by atoms with E-state index in [1.165, 1.54) is 0 Å². The first kappa shape index (κ1) is 19.9. The van der Waals surface area contributed by atoms with Gasteiger partial charge in [0, 0.05) is 0 Å². The second kappa shape index (κ2) is 10.5. The van der Waals surface area contributed by atoms with Crippen LogP contribution in [0.4, 0.5) is 0 Å². The van der Waals surface area contributed by atoms with E-state index in [1.807, 2.05) is 0 Å². The summed E-state index contributed by atoms with van der Waals surface area (Å²) >= 11 is -2.14. The van der Waals surface area contributed by atoms with Gasteiger partial charge in [0.15, 0.2) is 0 Å². The van der Waals surface area contributed by atoms with E-state index in [2.05, 4.69) is 91.0 Å². The summed E-state index contributed by atoms with van der Waals surface area (Å²) in [6, 6.07) is 41.3. The molecule has 0 aliphatic carbocycles. The molecule has 3 heteroatoms. The average Bonchev–Trinajstić information content (AvgIpc) is 2.77. The molecule has 138 valence electrons. The molecule has 1 N–H and O–H groups in total. The molecule has 4 aromatic rings. The first-order valence-electron chi connectivity index (χ1n) is 9.19. The zero-order valence-electron chi connectivity index (χ0n) is 15.5. The molecule has 0 radical (unpaired) electrons. The van der Waals surface area contributed by atoms with Gasteiger partial charge in [0.25, 0.3) is 0 Å². The Morgan fingerprint density at radius 3 is 1.04 bits per heavy atom. The van der Waals surface area contributed by atoms with Crippen LogP contribution in [-0.4, -0.2) is 30.8 Å². The van der Waals surface area contributed by atoms with Gasteiger partial charge in [-0.1, -0.05) is 18.2 Å². The van der Waals surface area contributed by atoms with Crippen LogP contribution >= 0.6 is 0 Å². The van der Waals surface area contributed by atoms with Gasteiger partial charge in [-0.2, -0.15) is 0 Å². The van der Waals surface area contributed by atoms with Crippen LogP contribution in [-0.2, 0) is 0 Å². The third-order valence-corrected chi connectivity index (χ3v) is 13.4. The van der Waals surface area contributed by atoms with Gasteiger partial charge in [0.2, 0.25) is 0 Å². The van der Waals surface area contributed by atoms with Crippen LogP contribution in [0.3, 0.4) is 0 Å². The fourth-order valence-corrected chi connectivity index (χ4v) is 11.6. The van der Waals surface area contributed by atoms with Crippen molar-refractivity contribution in [3.8, 4) is 0 Å². The zero-order chi connectivity index (χ0) is 19.6. The van der Waals surface area contributed by atoms with E-state index in [4.69, 9.17) is 5.11 Å². The van der Waals surface area contributed by atoms with Crippen molar-refractivity contribution in [2.75, 3.05) is 0 Å². The van der Waals surface area contributed by atoms with Gasteiger partial charge < -0.3 is 5.11 Å². The molecule has 0 heterocycles. The minimum absolute atomic E-state index is 0.331. The predicted octanol–water partition coefficient (Wildman–Crippen LogP) is 3.32. The quantitative estimate of drug-likeness (QED) is 0.462. The van der Waals surface area contributed by atoms with Crippen LogP contribution in [0.1, 0.15) is 10.4 Å². The van der Waals surface area contributed by atoms with Crippen LogP contribution in [0.2, 0.25) is 0 Å². The molecule has 0 spiro atoms. The van der Waals surface area contributed by atoms with Crippen molar-refractivity contribution in [1.82, 2.24) is 0 Å². The number of aromatic carboxylic acids is 1. The number of carboxylic acids is 1. The summed E-state index contributed by atoms with van der Waals surface area (Å²) in [5.74, 6) is -0.879. The fraction of sp³-hybridized carbons (Fsp3) is 0. The summed E-state index contributed by atoms with van der Waals surface area (Å²) in [6.07, 6.45) is 0. The topological polar surface area (TPSA) is 37.3 Å². The van der Waals surface area contributed by atoms with Crippen molar-refractivity contribution in [3.05, 3.63) is 127 Å². The molecule has 0 saturated heterocycles. The number of hydrogen-bond acceptors (Lipinski definition) is 1. The van der Waals surface area contributed by atoms with E-state index >= 15 is 0 Å². The Hall–Kier alpha value is -2.85. The van der Waals surface area contributed by atoms with Crippen LogP contribution in [0.5, 0.6) is 0 Å². The number of carboxylic acid groups (broad SMARTS) is 1. The molecule has 0 atom stereocenters.